The molecule has 2 atom stereocenters. The maximum atomic E-state index is 13.7. The lowest BCUT2D eigenvalue weighted by Crippen LogP contribution is -2.49. The summed E-state index contributed by atoms with van der Waals surface area (Å²) < 4.78 is 18.5. The van der Waals surface area contributed by atoms with Crippen LogP contribution >= 0.6 is 0 Å². The fraction of sp³-hybridized carbons (Fsp3) is 0.571. The Morgan fingerprint density at radius 1 is 1.37 bits per heavy atom. The number of hydrogen-bond acceptors (Lipinski definition) is 4. The third-order valence-electron chi connectivity index (χ3n) is 3.70. The molecule has 0 bridgehead atoms. The molecule has 1 aliphatic heterocycles. The van der Waals surface area contributed by atoms with Crippen LogP contribution in [-0.2, 0) is 0 Å². The number of piperazine rings is 1. The Hall–Kier alpha value is -1.17. The average molecular weight is 268 g/mol. The molecule has 1 aromatic carbocycles. The molecular formula is C14H21FN2O2. The molecule has 2 N–H and O–H groups in total. The van der Waals surface area contributed by atoms with Gasteiger partial charge in [-0.1, -0.05) is 6.07 Å². The molecule has 2 unspecified atom stereocenters. The van der Waals surface area contributed by atoms with E-state index in [-0.39, 0.29) is 11.8 Å². The molecule has 1 saturated heterocycles. The summed E-state index contributed by atoms with van der Waals surface area (Å²) >= 11 is 0. The quantitative estimate of drug-likeness (QED) is 0.860. The highest BCUT2D eigenvalue weighted by Crippen LogP contribution is 2.25. The number of halogens is 1. The molecule has 0 amide bonds. The van der Waals surface area contributed by atoms with Crippen molar-refractivity contribution in [1.29, 1.82) is 0 Å². The van der Waals surface area contributed by atoms with Crippen LogP contribution in [0.15, 0.2) is 18.2 Å². The van der Waals surface area contributed by atoms with E-state index < -0.39 is 11.9 Å². The molecule has 1 aliphatic rings. The zero-order valence-electron chi connectivity index (χ0n) is 11.4. The highest BCUT2D eigenvalue weighted by atomic mass is 19.1. The Balaban J connectivity index is 2.09. The van der Waals surface area contributed by atoms with Crippen LogP contribution in [0.3, 0.4) is 0 Å². The third kappa shape index (κ3) is 3.23. The van der Waals surface area contributed by atoms with Gasteiger partial charge in [0.2, 0.25) is 0 Å². The van der Waals surface area contributed by atoms with Gasteiger partial charge in [0.05, 0.1) is 13.2 Å². The van der Waals surface area contributed by atoms with Crippen molar-refractivity contribution in [2.45, 2.75) is 19.1 Å². The van der Waals surface area contributed by atoms with E-state index in [9.17, 15) is 9.50 Å². The summed E-state index contributed by atoms with van der Waals surface area (Å²) in [6.45, 7) is 5.62. The first-order valence-corrected chi connectivity index (χ1v) is 6.59. The Kier molecular flexibility index (Phi) is 4.74. The maximum absolute atomic E-state index is 13.7. The molecule has 1 aromatic rings. The molecule has 1 heterocycles. The molecular weight excluding hydrogens is 247 g/mol. The van der Waals surface area contributed by atoms with Crippen LogP contribution in [0.2, 0.25) is 0 Å². The lowest BCUT2D eigenvalue weighted by atomic mass is 10.0. The molecule has 0 saturated carbocycles. The van der Waals surface area contributed by atoms with Gasteiger partial charge in [0.15, 0.2) is 11.6 Å². The van der Waals surface area contributed by atoms with Crippen LogP contribution in [0.25, 0.3) is 0 Å². The monoisotopic (exact) mass is 268 g/mol. The number of hydrogen-bond donors (Lipinski definition) is 2. The molecule has 106 valence electrons. The van der Waals surface area contributed by atoms with E-state index in [1.807, 2.05) is 6.92 Å². The minimum Gasteiger partial charge on any atom is -0.494 e. The van der Waals surface area contributed by atoms with Gasteiger partial charge in [0.25, 0.3) is 0 Å². The summed E-state index contributed by atoms with van der Waals surface area (Å²) in [6.07, 6.45) is -0.696. The van der Waals surface area contributed by atoms with Gasteiger partial charge in [-0.2, -0.15) is 0 Å². The normalized spacial score (nSPS) is 20.0. The van der Waals surface area contributed by atoms with Gasteiger partial charge in [-0.3, -0.25) is 4.90 Å². The second-order valence-electron chi connectivity index (χ2n) is 4.87. The maximum Gasteiger partial charge on any atom is 0.165 e. The highest BCUT2D eigenvalue weighted by molar-refractivity contribution is 5.31. The van der Waals surface area contributed by atoms with Crippen molar-refractivity contribution in [3.05, 3.63) is 29.6 Å². The SMILES string of the molecule is COc1ccc(C(O)C(C)N2CCNCC2)cc1F. The third-order valence-corrected chi connectivity index (χ3v) is 3.70. The van der Waals surface area contributed by atoms with Crippen LogP contribution in [0.5, 0.6) is 5.75 Å². The van der Waals surface area contributed by atoms with Gasteiger partial charge in [0, 0.05) is 32.2 Å². The highest BCUT2D eigenvalue weighted by Gasteiger charge is 2.24. The summed E-state index contributed by atoms with van der Waals surface area (Å²) in [5, 5.41) is 13.6. The van der Waals surface area contributed by atoms with Gasteiger partial charge < -0.3 is 15.2 Å². The summed E-state index contributed by atoms with van der Waals surface area (Å²) in [4.78, 5) is 2.21. The Labute approximate surface area is 113 Å². The number of nitrogens with zero attached hydrogens (tertiary/aromatic N) is 1. The van der Waals surface area contributed by atoms with E-state index in [0.717, 1.165) is 26.2 Å². The molecule has 5 heteroatoms. The number of methoxy groups -OCH3 is 1. The topological polar surface area (TPSA) is 44.7 Å². The second kappa shape index (κ2) is 6.32. The fourth-order valence-corrected chi connectivity index (χ4v) is 2.43. The van der Waals surface area contributed by atoms with Gasteiger partial charge >= 0.3 is 0 Å². The van der Waals surface area contributed by atoms with E-state index in [1.165, 1.54) is 13.2 Å². The van der Waals surface area contributed by atoms with Gasteiger partial charge in [-0.05, 0) is 24.6 Å². The first-order valence-electron chi connectivity index (χ1n) is 6.59. The van der Waals surface area contributed by atoms with Crippen LogP contribution < -0.4 is 10.1 Å². The lowest BCUT2D eigenvalue weighted by Gasteiger charge is -2.35. The number of benzene rings is 1. The average Bonchev–Trinajstić information content (AvgIpc) is 2.46. The molecule has 0 spiro atoms. The van der Waals surface area contributed by atoms with E-state index in [0.29, 0.717) is 5.56 Å². The van der Waals surface area contributed by atoms with Gasteiger partial charge in [-0.25, -0.2) is 4.39 Å². The van der Waals surface area contributed by atoms with Crippen molar-refractivity contribution < 1.29 is 14.2 Å². The zero-order chi connectivity index (χ0) is 13.8. The Morgan fingerprint density at radius 2 is 2.05 bits per heavy atom. The predicted octanol–water partition coefficient (Wildman–Crippen LogP) is 1.16. The van der Waals surface area contributed by atoms with Crippen LogP contribution in [0, 0.1) is 5.82 Å². The van der Waals surface area contributed by atoms with Crippen LogP contribution in [0.4, 0.5) is 4.39 Å². The predicted molar refractivity (Wildman–Crippen MR) is 71.8 cm³/mol. The second-order valence-corrected chi connectivity index (χ2v) is 4.87. The lowest BCUT2D eigenvalue weighted by molar-refractivity contribution is 0.0508. The molecule has 4 nitrogen and oxygen atoms in total. The van der Waals surface area contributed by atoms with Crippen LogP contribution in [0.1, 0.15) is 18.6 Å². The van der Waals surface area contributed by atoms with Crippen molar-refractivity contribution in [1.82, 2.24) is 10.2 Å². The Morgan fingerprint density at radius 3 is 2.63 bits per heavy atom. The number of rotatable bonds is 4. The minimum atomic E-state index is -0.696. The largest absolute Gasteiger partial charge is 0.494 e. The van der Waals surface area contributed by atoms with Gasteiger partial charge in [-0.15, -0.1) is 0 Å². The molecule has 0 radical (unpaired) electrons. The first-order chi connectivity index (χ1) is 9.13. The van der Waals surface area contributed by atoms with Crippen molar-refractivity contribution in [2.75, 3.05) is 33.3 Å². The number of aliphatic hydroxyl groups is 1. The van der Waals surface area contributed by atoms with Crippen molar-refractivity contribution in [3.8, 4) is 5.75 Å². The van der Waals surface area contributed by atoms with E-state index in [2.05, 4.69) is 10.2 Å². The zero-order valence-corrected chi connectivity index (χ0v) is 11.4. The standard InChI is InChI=1S/C14H21FN2O2/c1-10(17-7-5-16-6-8-17)14(18)11-3-4-13(19-2)12(15)9-11/h3-4,9-10,14,16,18H,5-8H2,1-2H3. The summed E-state index contributed by atoms with van der Waals surface area (Å²) in [5.41, 5.74) is 0.587. The number of ether oxygens (including phenoxy) is 1. The number of nitrogens with one attached hydrogen (secondary N) is 1. The van der Waals surface area contributed by atoms with E-state index >= 15 is 0 Å². The minimum absolute atomic E-state index is 0.0325. The summed E-state index contributed by atoms with van der Waals surface area (Å²) in [7, 11) is 1.43. The van der Waals surface area contributed by atoms with Gasteiger partial charge in [0.1, 0.15) is 0 Å². The fourth-order valence-electron chi connectivity index (χ4n) is 2.43. The molecule has 0 aliphatic carbocycles. The Bertz CT molecular complexity index is 422. The summed E-state index contributed by atoms with van der Waals surface area (Å²) in [5.74, 6) is -0.239. The number of aliphatic hydroxyl groups excluding tert-OH is 1. The first kappa shape index (κ1) is 14.2. The molecule has 19 heavy (non-hydrogen) atoms. The van der Waals surface area contributed by atoms with Crippen molar-refractivity contribution in [2.24, 2.45) is 0 Å². The molecule has 2 rings (SSSR count). The summed E-state index contributed by atoms with van der Waals surface area (Å²) in [6, 6.07) is 4.58. The molecule has 1 fully saturated rings. The van der Waals surface area contributed by atoms with Crippen LogP contribution in [-0.4, -0.2) is 49.3 Å². The van der Waals surface area contributed by atoms with Crippen molar-refractivity contribution >= 4 is 0 Å². The van der Waals surface area contributed by atoms with E-state index in [4.69, 9.17) is 4.74 Å². The smallest absolute Gasteiger partial charge is 0.165 e. The molecule has 0 aromatic heterocycles. The van der Waals surface area contributed by atoms with E-state index in [1.54, 1.807) is 12.1 Å². The van der Waals surface area contributed by atoms with Crippen molar-refractivity contribution in [3.63, 3.8) is 0 Å².